The molecular weight excluding hydrogens is 667 g/mol. The quantitative estimate of drug-likeness (QED) is 0.234. The SMILES string of the molecule is CC(C)(C)c1cc(C(O)N2CN(C(O)c3cc(C(C)(C)C)cc(C(C)(C)C)c3)CN(C(O)c3cc(C(C)(C)C)cc(C(C)(C)C)c3)C2)cc(C(C)(C)C)c1. The van der Waals surface area contributed by atoms with E-state index in [0.717, 1.165) is 50.1 Å². The summed E-state index contributed by atoms with van der Waals surface area (Å²) in [6, 6.07) is 19.6. The lowest BCUT2D eigenvalue weighted by Crippen LogP contribution is -2.57. The molecule has 1 saturated heterocycles. The first-order valence-electron chi connectivity index (χ1n) is 20.0. The minimum atomic E-state index is -0.977. The zero-order chi connectivity index (χ0) is 41.1. The van der Waals surface area contributed by atoms with Crippen LogP contribution in [0.1, 0.15) is 193 Å². The van der Waals surface area contributed by atoms with E-state index < -0.39 is 18.7 Å². The van der Waals surface area contributed by atoms with E-state index in [-0.39, 0.29) is 32.5 Å². The van der Waals surface area contributed by atoms with Gasteiger partial charge in [0.2, 0.25) is 0 Å². The molecule has 3 aromatic rings. The van der Waals surface area contributed by atoms with Gasteiger partial charge in [-0.1, -0.05) is 179 Å². The second-order valence-corrected chi connectivity index (χ2v) is 22.3. The zero-order valence-corrected chi connectivity index (χ0v) is 37.2. The van der Waals surface area contributed by atoms with Crippen molar-refractivity contribution in [2.75, 3.05) is 20.0 Å². The van der Waals surface area contributed by atoms with Crippen LogP contribution in [-0.2, 0) is 32.5 Å². The molecule has 1 aliphatic rings. The van der Waals surface area contributed by atoms with E-state index in [1.165, 1.54) is 0 Å². The highest BCUT2D eigenvalue weighted by atomic mass is 16.3. The summed E-state index contributed by atoms with van der Waals surface area (Å²) in [6.07, 6.45) is -2.93. The first kappa shape index (κ1) is 44.1. The molecule has 0 bridgehead atoms. The third-order valence-electron chi connectivity index (χ3n) is 11.1. The predicted molar refractivity (Wildman–Crippen MR) is 227 cm³/mol. The summed E-state index contributed by atoms with van der Waals surface area (Å²) in [5, 5.41) is 37.1. The first-order valence-corrected chi connectivity index (χ1v) is 20.0. The van der Waals surface area contributed by atoms with Gasteiger partial charge in [-0.05, 0) is 82.6 Å². The average molecular weight is 742 g/mol. The van der Waals surface area contributed by atoms with Crippen LogP contribution in [0.3, 0.4) is 0 Å². The van der Waals surface area contributed by atoms with Crippen molar-refractivity contribution in [3.05, 3.63) is 105 Å². The van der Waals surface area contributed by atoms with Crippen molar-refractivity contribution in [1.82, 2.24) is 14.7 Å². The standard InChI is InChI=1S/C48H75N3O3/c1-43(2,3)34-19-31(20-35(25-34)44(4,5)6)40(52)49-28-50(41(53)32-21-36(45(7,8)9)26-37(22-32)46(10,11)12)30-51(29-49)42(54)33-23-38(47(13,14)15)27-39(24-33)48(16,17)18/h19-27,40-42,52-54H,28-30H2,1-18H3. The van der Waals surface area contributed by atoms with Gasteiger partial charge in [-0.3, -0.25) is 0 Å². The van der Waals surface area contributed by atoms with Crippen molar-refractivity contribution in [1.29, 1.82) is 0 Å². The molecule has 1 aliphatic heterocycles. The Morgan fingerprint density at radius 1 is 0.315 bits per heavy atom. The maximum absolute atomic E-state index is 12.4. The van der Waals surface area contributed by atoms with Crippen molar-refractivity contribution >= 4 is 0 Å². The molecule has 3 unspecified atom stereocenters. The predicted octanol–water partition coefficient (Wildman–Crippen LogP) is 10.6. The van der Waals surface area contributed by atoms with Gasteiger partial charge in [0.1, 0.15) is 18.7 Å². The number of benzene rings is 3. The number of nitrogens with zero attached hydrogens (tertiary/aromatic N) is 3. The van der Waals surface area contributed by atoms with Crippen LogP contribution in [0, 0.1) is 0 Å². The van der Waals surface area contributed by atoms with Gasteiger partial charge in [-0.25, -0.2) is 14.7 Å². The van der Waals surface area contributed by atoms with Gasteiger partial charge < -0.3 is 15.3 Å². The molecular formula is C48H75N3O3. The molecule has 6 heteroatoms. The number of hydrogen-bond donors (Lipinski definition) is 3. The molecule has 1 fully saturated rings. The largest absolute Gasteiger partial charge is 0.374 e. The van der Waals surface area contributed by atoms with Crippen LogP contribution >= 0.6 is 0 Å². The molecule has 54 heavy (non-hydrogen) atoms. The summed E-state index contributed by atoms with van der Waals surface area (Å²) >= 11 is 0. The van der Waals surface area contributed by atoms with Crippen molar-refractivity contribution in [3.63, 3.8) is 0 Å². The Labute approximate surface area is 329 Å². The fourth-order valence-corrected chi connectivity index (χ4v) is 6.93. The van der Waals surface area contributed by atoms with Crippen molar-refractivity contribution < 1.29 is 15.3 Å². The second-order valence-electron chi connectivity index (χ2n) is 22.3. The Bertz CT molecular complexity index is 1460. The van der Waals surface area contributed by atoms with Crippen LogP contribution in [0.15, 0.2) is 54.6 Å². The minimum Gasteiger partial charge on any atom is -0.374 e. The molecule has 3 atom stereocenters. The van der Waals surface area contributed by atoms with Crippen LogP contribution in [0.4, 0.5) is 0 Å². The summed E-state index contributed by atoms with van der Waals surface area (Å²) in [5.41, 5.74) is 8.72. The summed E-state index contributed by atoms with van der Waals surface area (Å²) in [6.45, 7) is 40.6. The molecule has 0 saturated carbocycles. The topological polar surface area (TPSA) is 70.4 Å². The molecule has 3 N–H and O–H groups in total. The first-order chi connectivity index (χ1) is 24.3. The van der Waals surface area contributed by atoms with E-state index in [4.69, 9.17) is 0 Å². The normalized spacial score (nSPS) is 18.2. The smallest absolute Gasteiger partial charge is 0.135 e. The summed E-state index contributed by atoms with van der Waals surface area (Å²) in [5.74, 6) is 0. The fourth-order valence-electron chi connectivity index (χ4n) is 6.93. The molecule has 0 aliphatic carbocycles. The lowest BCUT2D eigenvalue weighted by atomic mass is 9.79. The van der Waals surface area contributed by atoms with Gasteiger partial charge in [-0.2, -0.15) is 0 Å². The molecule has 3 aromatic carbocycles. The number of aliphatic hydroxyl groups is 3. The van der Waals surface area contributed by atoms with Crippen molar-refractivity contribution in [2.24, 2.45) is 0 Å². The van der Waals surface area contributed by atoms with Crippen LogP contribution in [0.5, 0.6) is 0 Å². The molecule has 1 heterocycles. The highest BCUT2D eigenvalue weighted by molar-refractivity contribution is 5.41. The van der Waals surface area contributed by atoms with E-state index in [2.05, 4.69) is 179 Å². The molecule has 300 valence electrons. The molecule has 0 radical (unpaired) electrons. The van der Waals surface area contributed by atoms with Gasteiger partial charge in [0.05, 0.1) is 20.0 Å². The fraction of sp³-hybridized carbons (Fsp3) is 0.625. The van der Waals surface area contributed by atoms with Crippen LogP contribution in [-0.4, -0.2) is 50.0 Å². The van der Waals surface area contributed by atoms with E-state index in [0.29, 0.717) is 20.0 Å². The lowest BCUT2D eigenvalue weighted by Gasteiger charge is -2.47. The third-order valence-corrected chi connectivity index (χ3v) is 11.1. The Hall–Kier alpha value is -2.58. The molecule has 0 amide bonds. The highest BCUT2D eigenvalue weighted by Crippen LogP contribution is 2.39. The Kier molecular flexibility index (Phi) is 12.3. The maximum atomic E-state index is 12.4. The van der Waals surface area contributed by atoms with Crippen LogP contribution in [0.2, 0.25) is 0 Å². The summed E-state index contributed by atoms with van der Waals surface area (Å²) in [4.78, 5) is 5.92. The lowest BCUT2D eigenvalue weighted by molar-refractivity contribution is -0.191. The monoisotopic (exact) mass is 742 g/mol. The van der Waals surface area contributed by atoms with E-state index >= 15 is 0 Å². The summed E-state index contributed by atoms with van der Waals surface area (Å²) < 4.78 is 0. The second kappa shape index (κ2) is 15.1. The van der Waals surface area contributed by atoms with Gasteiger partial charge in [0.25, 0.3) is 0 Å². The third kappa shape index (κ3) is 10.4. The van der Waals surface area contributed by atoms with Crippen LogP contribution < -0.4 is 0 Å². The molecule has 0 spiro atoms. The zero-order valence-electron chi connectivity index (χ0n) is 37.2. The number of aliphatic hydroxyl groups excluding tert-OH is 3. The average Bonchev–Trinajstić information content (AvgIpc) is 3.04. The Morgan fingerprint density at radius 3 is 0.593 bits per heavy atom. The van der Waals surface area contributed by atoms with E-state index in [1.807, 2.05) is 14.7 Å². The molecule has 4 rings (SSSR count). The van der Waals surface area contributed by atoms with E-state index in [9.17, 15) is 15.3 Å². The Morgan fingerprint density at radius 2 is 0.463 bits per heavy atom. The Balaban J connectivity index is 1.88. The van der Waals surface area contributed by atoms with Crippen LogP contribution in [0.25, 0.3) is 0 Å². The minimum absolute atomic E-state index is 0.117. The van der Waals surface area contributed by atoms with Gasteiger partial charge in [-0.15, -0.1) is 0 Å². The van der Waals surface area contributed by atoms with Crippen molar-refractivity contribution in [3.8, 4) is 0 Å². The number of rotatable bonds is 6. The van der Waals surface area contributed by atoms with Gasteiger partial charge in [0, 0.05) is 0 Å². The highest BCUT2D eigenvalue weighted by Gasteiger charge is 2.37. The van der Waals surface area contributed by atoms with E-state index in [1.54, 1.807) is 0 Å². The number of hydrogen-bond acceptors (Lipinski definition) is 6. The molecule has 6 nitrogen and oxygen atoms in total. The van der Waals surface area contributed by atoms with Crippen molar-refractivity contribution in [2.45, 2.75) is 176 Å². The summed E-state index contributed by atoms with van der Waals surface area (Å²) in [7, 11) is 0. The molecule has 0 aromatic heterocycles. The van der Waals surface area contributed by atoms with Gasteiger partial charge in [0.15, 0.2) is 0 Å². The van der Waals surface area contributed by atoms with Gasteiger partial charge >= 0.3 is 0 Å². The maximum Gasteiger partial charge on any atom is 0.135 e.